The molecule has 0 fully saturated rings. The number of amides is 1. The summed E-state index contributed by atoms with van der Waals surface area (Å²) >= 11 is 1.09. The number of carbonyl (C=O) groups is 2. The van der Waals surface area contributed by atoms with E-state index in [2.05, 4.69) is 10.3 Å². The van der Waals surface area contributed by atoms with Crippen LogP contribution in [0.15, 0.2) is 5.38 Å². The van der Waals surface area contributed by atoms with Gasteiger partial charge in [0.2, 0.25) is 5.01 Å². The number of hydrogen-bond donors (Lipinski definition) is 1. The minimum Gasteiger partial charge on any atom is -0.461 e. The highest BCUT2D eigenvalue weighted by molar-refractivity contribution is 7.11. The van der Waals surface area contributed by atoms with Crippen LogP contribution in [0.4, 0.5) is 0 Å². The minimum absolute atomic E-state index is 0.0582. The first-order valence-electron chi connectivity index (χ1n) is 6.10. The molecule has 6 nitrogen and oxygen atoms in total. The summed E-state index contributed by atoms with van der Waals surface area (Å²) in [7, 11) is 0. The molecule has 0 aliphatic rings. The Balaban J connectivity index is 2.51. The average molecular weight is 286 g/mol. The van der Waals surface area contributed by atoms with Crippen LogP contribution in [-0.4, -0.2) is 42.7 Å². The van der Waals surface area contributed by atoms with Crippen molar-refractivity contribution in [1.29, 1.82) is 0 Å². The molecule has 1 aromatic heterocycles. The third-order valence-electron chi connectivity index (χ3n) is 2.19. The molecule has 1 rings (SSSR count). The molecule has 0 aliphatic heterocycles. The highest BCUT2D eigenvalue weighted by atomic mass is 32.1. The molecule has 0 saturated carbocycles. The largest absolute Gasteiger partial charge is 0.461 e. The van der Waals surface area contributed by atoms with E-state index in [0.717, 1.165) is 11.3 Å². The molecule has 0 aliphatic carbocycles. The maximum absolute atomic E-state index is 11.8. The molecule has 1 N–H and O–H groups in total. The third-order valence-corrected chi connectivity index (χ3v) is 3.01. The van der Waals surface area contributed by atoms with E-state index in [1.807, 2.05) is 13.8 Å². The Bertz CT molecular complexity index is 433. The second-order valence-corrected chi connectivity index (χ2v) is 4.59. The van der Waals surface area contributed by atoms with Crippen molar-refractivity contribution in [3.63, 3.8) is 0 Å². The molecule has 0 aromatic carbocycles. The van der Waals surface area contributed by atoms with Crippen LogP contribution in [0.5, 0.6) is 0 Å². The summed E-state index contributed by atoms with van der Waals surface area (Å²) < 4.78 is 10.1. The number of rotatable bonds is 7. The van der Waals surface area contributed by atoms with E-state index in [1.165, 1.54) is 5.38 Å². The summed E-state index contributed by atoms with van der Waals surface area (Å²) in [4.78, 5) is 27.1. The second kappa shape index (κ2) is 7.85. The lowest BCUT2D eigenvalue weighted by molar-refractivity contribution is 0.0525. The maximum Gasteiger partial charge on any atom is 0.367 e. The van der Waals surface area contributed by atoms with E-state index in [-0.39, 0.29) is 29.3 Å². The molecular weight excluding hydrogens is 268 g/mol. The van der Waals surface area contributed by atoms with Crippen molar-refractivity contribution in [2.75, 3.05) is 19.8 Å². The van der Waals surface area contributed by atoms with Crippen molar-refractivity contribution in [1.82, 2.24) is 10.3 Å². The van der Waals surface area contributed by atoms with Crippen LogP contribution < -0.4 is 5.32 Å². The monoisotopic (exact) mass is 286 g/mol. The lowest BCUT2D eigenvalue weighted by Gasteiger charge is -2.11. The van der Waals surface area contributed by atoms with Gasteiger partial charge in [-0.1, -0.05) is 0 Å². The molecule has 7 heteroatoms. The molecule has 19 heavy (non-hydrogen) atoms. The predicted octanol–water partition coefficient (Wildman–Crippen LogP) is 1.47. The van der Waals surface area contributed by atoms with Crippen LogP contribution in [0, 0.1) is 0 Å². The first-order valence-corrected chi connectivity index (χ1v) is 6.98. The average Bonchev–Trinajstić information content (AvgIpc) is 2.86. The molecule has 0 radical (unpaired) electrons. The number of aromatic nitrogens is 1. The van der Waals surface area contributed by atoms with Gasteiger partial charge in [0.15, 0.2) is 0 Å². The number of hydrogen-bond acceptors (Lipinski definition) is 6. The smallest absolute Gasteiger partial charge is 0.367 e. The van der Waals surface area contributed by atoms with Crippen molar-refractivity contribution in [3.05, 3.63) is 16.1 Å². The molecule has 1 amide bonds. The van der Waals surface area contributed by atoms with E-state index >= 15 is 0 Å². The van der Waals surface area contributed by atoms with Gasteiger partial charge in [0.25, 0.3) is 5.91 Å². The van der Waals surface area contributed by atoms with Gasteiger partial charge < -0.3 is 14.8 Å². The van der Waals surface area contributed by atoms with Crippen LogP contribution in [0.1, 0.15) is 41.1 Å². The Kier molecular flexibility index (Phi) is 6.44. The molecule has 0 spiro atoms. The van der Waals surface area contributed by atoms with Crippen molar-refractivity contribution in [2.24, 2.45) is 0 Å². The third kappa shape index (κ3) is 4.96. The summed E-state index contributed by atoms with van der Waals surface area (Å²) in [6.07, 6.45) is -0.0582. The van der Waals surface area contributed by atoms with Gasteiger partial charge in [-0.2, -0.15) is 0 Å². The summed E-state index contributed by atoms with van der Waals surface area (Å²) in [6, 6.07) is 0. The van der Waals surface area contributed by atoms with E-state index < -0.39 is 5.97 Å². The number of ether oxygens (including phenoxy) is 2. The lowest BCUT2D eigenvalue weighted by atomic mass is 10.3. The zero-order valence-corrected chi connectivity index (χ0v) is 12.1. The number of nitrogens with zero attached hydrogens (tertiary/aromatic N) is 1. The van der Waals surface area contributed by atoms with Crippen LogP contribution >= 0.6 is 11.3 Å². The standard InChI is InChI=1S/C12H18N2O4S/c1-4-17-8(3)6-13-10(15)9-7-19-11(14-9)12(16)18-5-2/h7-8H,4-6H2,1-3H3,(H,13,15). The molecular formula is C12H18N2O4S. The minimum atomic E-state index is -0.505. The Morgan fingerprint density at radius 3 is 2.79 bits per heavy atom. The van der Waals surface area contributed by atoms with Crippen LogP contribution in [0.2, 0.25) is 0 Å². The first-order chi connectivity index (χ1) is 9.08. The van der Waals surface area contributed by atoms with Gasteiger partial charge in [0.1, 0.15) is 5.69 Å². The van der Waals surface area contributed by atoms with E-state index in [0.29, 0.717) is 13.2 Å². The van der Waals surface area contributed by atoms with Gasteiger partial charge in [-0.05, 0) is 20.8 Å². The predicted molar refractivity (Wildman–Crippen MR) is 71.5 cm³/mol. The van der Waals surface area contributed by atoms with Crippen molar-refractivity contribution in [3.8, 4) is 0 Å². The highest BCUT2D eigenvalue weighted by Crippen LogP contribution is 2.11. The zero-order valence-electron chi connectivity index (χ0n) is 11.3. The number of thiazole rings is 1. The Morgan fingerprint density at radius 1 is 1.42 bits per heavy atom. The maximum atomic E-state index is 11.8. The van der Waals surface area contributed by atoms with Gasteiger partial charge in [-0.15, -0.1) is 11.3 Å². The zero-order chi connectivity index (χ0) is 14.3. The van der Waals surface area contributed by atoms with E-state index in [1.54, 1.807) is 6.92 Å². The van der Waals surface area contributed by atoms with Gasteiger partial charge in [-0.3, -0.25) is 4.79 Å². The van der Waals surface area contributed by atoms with Gasteiger partial charge in [0, 0.05) is 18.5 Å². The summed E-state index contributed by atoms with van der Waals surface area (Å²) in [6.45, 7) is 6.76. The molecule has 1 heterocycles. The Labute approximate surface area is 116 Å². The summed E-state index contributed by atoms with van der Waals surface area (Å²) in [5.41, 5.74) is 0.219. The van der Waals surface area contributed by atoms with Crippen LogP contribution in [-0.2, 0) is 9.47 Å². The fraction of sp³-hybridized carbons (Fsp3) is 0.583. The molecule has 1 atom stereocenters. The van der Waals surface area contributed by atoms with Gasteiger partial charge >= 0.3 is 5.97 Å². The summed E-state index contributed by atoms with van der Waals surface area (Å²) in [5, 5.41) is 4.42. The first kappa shape index (κ1) is 15.6. The number of esters is 1. The lowest BCUT2D eigenvalue weighted by Crippen LogP contribution is -2.32. The Morgan fingerprint density at radius 2 is 2.16 bits per heavy atom. The molecule has 0 saturated heterocycles. The fourth-order valence-electron chi connectivity index (χ4n) is 1.34. The molecule has 106 valence electrons. The quantitative estimate of drug-likeness (QED) is 0.768. The SMILES string of the molecule is CCOC(=O)c1nc(C(=O)NCC(C)OCC)cs1. The van der Waals surface area contributed by atoms with Gasteiger partial charge in [-0.25, -0.2) is 9.78 Å². The Hall–Kier alpha value is -1.47. The van der Waals surface area contributed by atoms with Crippen LogP contribution in [0.25, 0.3) is 0 Å². The fourth-order valence-corrected chi connectivity index (χ4v) is 2.02. The van der Waals surface area contributed by atoms with Crippen molar-refractivity contribution in [2.45, 2.75) is 26.9 Å². The van der Waals surface area contributed by atoms with Crippen LogP contribution in [0.3, 0.4) is 0 Å². The van der Waals surface area contributed by atoms with E-state index in [4.69, 9.17) is 9.47 Å². The number of nitrogens with one attached hydrogen (secondary N) is 1. The highest BCUT2D eigenvalue weighted by Gasteiger charge is 2.16. The van der Waals surface area contributed by atoms with Crippen molar-refractivity contribution >= 4 is 23.2 Å². The van der Waals surface area contributed by atoms with Crippen molar-refractivity contribution < 1.29 is 19.1 Å². The number of carbonyl (C=O) groups excluding carboxylic acids is 2. The molecule has 1 aromatic rings. The molecule has 1 unspecified atom stereocenters. The van der Waals surface area contributed by atoms with Gasteiger partial charge in [0.05, 0.1) is 12.7 Å². The second-order valence-electron chi connectivity index (χ2n) is 3.73. The normalized spacial score (nSPS) is 11.9. The summed E-state index contributed by atoms with van der Waals surface area (Å²) in [5.74, 6) is -0.826. The molecule has 0 bridgehead atoms. The van der Waals surface area contributed by atoms with E-state index in [9.17, 15) is 9.59 Å². The topological polar surface area (TPSA) is 77.5 Å².